The van der Waals surface area contributed by atoms with Crippen molar-refractivity contribution in [3.05, 3.63) is 30.2 Å². The van der Waals surface area contributed by atoms with Crippen molar-refractivity contribution >= 4 is 11.5 Å². The molecule has 0 saturated carbocycles. The van der Waals surface area contributed by atoms with E-state index in [0.717, 1.165) is 29.4 Å². The van der Waals surface area contributed by atoms with Crippen LogP contribution in [0.5, 0.6) is 5.75 Å². The van der Waals surface area contributed by atoms with Crippen LogP contribution in [-0.4, -0.2) is 21.9 Å². The number of ether oxygens (including phenoxy) is 1. The molecule has 2 aromatic heterocycles. The third kappa shape index (κ3) is 2.55. The highest BCUT2D eigenvalue weighted by molar-refractivity contribution is 5.58. The maximum Gasteiger partial charge on any atom is 0.137 e. The lowest BCUT2D eigenvalue weighted by molar-refractivity contribution is 0.413. The standard InChI is InChI=1S/C12H16N4O/c1-4-10-11(8-16(2)15-10)14-12-6-5-9(17-3)7-13-12/h5-8H,4H2,1-3H3,(H,13,14). The zero-order valence-corrected chi connectivity index (χ0v) is 10.3. The van der Waals surface area contributed by atoms with E-state index in [1.54, 1.807) is 18.0 Å². The highest BCUT2D eigenvalue weighted by Crippen LogP contribution is 2.20. The molecular formula is C12H16N4O. The number of rotatable bonds is 4. The molecule has 2 rings (SSSR count). The Morgan fingerprint density at radius 2 is 2.24 bits per heavy atom. The molecule has 0 amide bonds. The van der Waals surface area contributed by atoms with Gasteiger partial charge in [-0.05, 0) is 18.6 Å². The van der Waals surface area contributed by atoms with Crippen LogP contribution in [0.15, 0.2) is 24.5 Å². The molecule has 0 aliphatic rings. The average molecular weight is 232 g/mol. The summed E-state index contributed by atoms with van der Waals surface area (Å²) in [7, 11) is 3.53. The van der Waals surface area contributed by atoms with Crippen molar-refractivity contribution in [3.63, 3.8) is 0 Å². The maximum atomic E-state index is 5.06. The molecule has 0 spiro atoms. The van der Waals surface area contributed by atoms with Crippen molar-refractivity contribution in [1.82, 2.24) is 14.8 Å². The van der Waals surface area contributed by atoms with Crippen molar-refractivity contribution in [2.45, 2.75) is 13.3 Å². The van der Waals surface area contributed by atoms with Gasteiger partial charge in [-0.1, -0.05) is 6.92 Å². The molecule has 17 heavy (non-hydrogen) atoms. The Bertz CT molecular complexity index is 490. The van der Waals surface area contributed by atoms with Crippen LogP contribution < -0.4 is 10.1 Å². The Labute approximate surface area is 100 Å². The van der Waals surface area contributed by atoms with Crippen LogP contribution in [0.2, 0.25) is 0 Å². The second kappa shape index (κ2) is 4.86. The molecular weight excluding hydrogens is 216 g/mol. The van der Waals surface area contributed by atoms with E-state index in [4.69, 9.17) is 4.74 Å². The van der Waals surface area contributed by atoms with Gasteiger partial charge in [0.05, 0.1) is 24.7 Å². The van der Waals surface area contributed by atoms with Crippen LogP contribution in [0.3, 0.4) is 0 Å². The molecule has 90 valence electrons. The zero-order chi connectivity index (χ0) is 12.3. The monoisotopic (exact) mass is 232 g/mol. The minimum absolute atomic E-state index is 0.748. The lowest BCUT2D eigenvalue weighted by atomic mass is 10.3. The molecule has 0 atom stereocenters. The number of pyridine rings is 1. The highest BCUT2D eigenvalue weighted by Gasteiger charge is 2.06. The van der Waals surface area contributed by atoms with E-state index in [2.05, 4.69) is 22.3 Å². The average Bonchev–Trinajstić information content (AvgIpc) is 2.70. The number of aryl methyl sites for hydroxylation is 2. The molecule has 0 bridgehead atoms. The molecule has 0 aliphatic heterocycles. The lowest BCUT2D eigenvalue weighted by Gasteiger charge is -2.05. The summed E-state index contributed by atoms with van der Waals surface area (Å²) in [6, 6.07) is 3.75. The van der Waals surface area contributed by atoms with Gasteiger partial charge in [0.15, 0.2) is 0 Å². The number of aromatic nitrogens is 3. The summed E-state index contributed by atoms with van der Waals surface area (Å²) in [4.78, 5) is 4.26. The van der Waals surface area contributed by atoms with Crippen molar-refractivity contribution in [3.8, 4) is 5.75 Å². The smallest absolute Gasteiger partial charge is 0.137 e. The van der Waals surface area contributed by atoms with Crippen LogP contribution in [0.25, 0.3) is 0 Å². The van der Waals surface area contributed by atoms with Crippen LogP contribution in [0, 0.1) is 0 Å². The fourth-order valence-electron chi connectivity index (χ4n) is 1.61. The van der Waals surface area contributed by atoms with Gasteiger partial charge in [-0.3, -0.25) is 4.68 Å². The SMILES string of the molecule is CCc1nn(C)cc1Nc1ccc(OC)cn1. The molecule has 5 nitrogen and oxygen atoms in total. The molecule has 0 fully saturated rings. The van der Waals surface area contributed by atoms with Gasteiger partial charge < -0.3 is 10.1 Å². The van der Waals surface area contributed by atoms with E-state index >= 15 is 0 Å². The first kappa shape index (κ1) is 11.4. The summed E-state index contributed by atoms with van der Waals surface area (Å²) >= 11 is 0. The Morgan fingerprint density at radius 3 is 2.82 bits per heavy atom. The quantitative estimate of drug-likeness (QED) is 0.877. The Hall–Kier alpha value is -2.04. The van der Waals surface area contributed by atoms with Crippen LogP contribution in [0.1, 0.15) is 12.6 Å². The summed E-state index contributed by atoms with van der Waals surface area (Å²) < 4.78 is 6.86. The van der Waals surface area contributed by atoms with E-state index in [1.165, 1.54) is 0 Å². The van der Waals surface area contributed by atoms with E-state index < -0.39 is 0 Å². The van der Waals surface area contributed by atoms with Gasteiger partial charge in [0.2, 0.25) is 0 Å². The number of nitrogens with zero attached hydrogens (tertiary/aromatic N) is 3. The lowest BCUT2D eigenvalue weighted by Crippen LogP contribution is -1.95. The number of anilines is 2. The number of hydrogen-bond donors (Lipinski definition) is 1. The Morgan fingerprint density at radius 1 is 1.41 bits per heavy atom. The normalized spacial score (nSPS) is 10.3. The summed E-state index contributed by atoms with van der Waals surface area (Å²) in [5, 5.41) is 7.61. The second-order valence-corrected chi connectivity index (χ2v) is 3.72. The van der Waals surface area contributed by atoms with Gasteiger partial charge in [-0.15, -0.1) is 0 Å². The molecule has 0 aromatic carbocycles. The molecule has 0 unspecified atom stereocenters. The summed E-state index contributed by atoms with van der Waals surface area (Å²) in [6.07, 6.45) is 4.52. The van der Waals surface area contributed by atoms with Crippen molar-refractivity contribution in [1.29, 1.82) is 0 Å². The fourth-order valence-corrected chi connectivity index (χ4v) is 1.61. The van der Waals surface area contributed by atoms with E-state index in [-0.39, 0.29) is 0 Å². The van der Waals surface area contributed by atoms with Crippen molar-refractivity contribution in [2.75, 3.05) is 12.4 Å². The topological polar surface area (TPSA) is 52.0 Å². The van der Waals surface area contributed by atoms with Gasteiger partial charge in [-0.2, -0.15) is 5.10 Å². The minimum Gasteiger partial charge on any atom is -0.495 e. The number of nitrogens with one attached hydrogen (secondary N) is 1. The van der Waals surface area contributed by atoms with Gasteiger partial charge in [-0.25, -0.2) is 4.98 Å². The molecule has 0 saturated heterocycles. The molecule has 0 radical (unpaired) electrons. The fraction of sp³-hybridized carbons (Fsp3) is 0.333. The molecule has 2 heterocycles. The maximum absolute atomic E-state index is 5.06. The summed E-state index contributed by atoms with van der Waals surface area (Å²) in [5.41, 5.74) is 2.03. The summed E-state index contributed by atoms with van der Waals surface area (Å²) in [6.45, 7) is 2.08. The molecule has 2 aromatic rings. The third-order valence-corrected chi connectivity index (χ3v) is 2.47. The third-order valence-electron chi connectivity index (χ3n) is 2.47. The first-order valence-electron chi connectivity index (χ1n) is 5.52. The van der Waals surface area contributed by atoms with Gasteiger partial charge in [0, 0.05) is 13.2 Å². The predicted octanol–water partition coefficient (Wildman–Crippen LogP) is 2.13. The van der Waals surface area contributed by atoms with Gasteiger partial charge in [0.1, 0.15) is 11.6 Å². The minimum atomic E-state index is 0.748. The Balaban J connectivity index is 2.18. The van der Waals surface area contributed by atoms with E-state index in [0.29, 0.717) is 0 Å². The Kier molecular flexibility index (Phi) is 3.27. The predicted molar refractivity (Wildman–Crippen MR) is 66.7 cm³/mol. The number of hydrogen-bond acceptors (Lipinski definition) is 4. The second-order valence-electron chi connectivity index (χ2n) is 3.72. The van der Waals surface area contributed by atoms with Crippen LogP contribution in [0.4, 0.5) is 11.5 Å². The first-order chi connectivity index (χ1) is 8.22. The van der Waals surface area contributed by atoms with Gasteiger partial charge >= 0.3 is 0 Å². The molecule has 0 aliphatic carbocycles. The van der Waals surface area contributed by atoms with Crippen LogP contribution in [-0.2, 0) is 13.5 Å². The molecule has 1 N–H and O–H groups in total. The van der Waals surface area contributed by atoms with E-state index in [9.17, 15) is 0 Å². The van der Waals surface area contributed by atoms with Crippen LogP contribution >= 0.6 is 0 Å². The first-order valence-corrected chi connectivity index (χ1v) is 5.52. The summed E-state index contributed by atoms with van der Waals surface area (Å²) in [5.74, 6) is 1.53. The largest absolute Gasteiger partial charge is 0.495 e. The van der Waals surface area contributed by atoms with Crippen molar-refractivity contribution < 1.29 is 4.74 Å². The van der Waals surface area contributed by atoms with E-state index in [1.807, 2.05) is 25.4 Å². The highest BCUT2D eigenvalue weighted by atomic mass is 16.5. The van der Waals surface area contributed by atoms with Gasteiger partial charge in [0.25, 0.3) is 0 Å². The number of methoxy groups -OCH3 is 1. The van der Waals surface area contributed by atoms with Crippen molar-refractivity contribution in [2.24, 2.45) is 7.05 Å². The zero-order valence-electron chi connectivity index (χ0n) is 10.3. The molecule has 5 heteroatoms.